The van der Waals surface area contributed by atoms with Gasteiger partial charge < -0.3 is 10.1 Å². The Morgan fingerprint density at radius 2 is 2.22 bits per heavy atom. The molecule has 1 atom stereocenters. The van der Waals surface area contributed by atoms with Gasteiger partial charge in [0.05, 0.1) is 19.3 Å². The molecule has 0 aliphatic carbocycles. The minimum Gasteiger partial charge on any atom is -0.379 e. The molecule has 3 rings (SSSR count). The number of morpholine rings is 1. The zero-order valence-corrected chi connectivity index (χ0v) is 14.4. The maximum Gasteiger partial charge on any atom is 0.244 e. The molecule has 2 aromatic heterocycles. The Morgan fingerprint density at radius 3 is 2.91 bits per heavy atom. The molecular weight excluding hydrogens is 328 g/mol. The second kappa shape index (κ2) is 8.40. The van der Waals surface area contributed by atoms with Crippen molar-refractivity contribution < 1.29 is 9.53 Å². The van der Waals surface area contributed by atoms with Gasteiger partial charge in [-0.3, -0.25) is 9.69 Å². The Labute approximate surface area is 144 Å². The van der Waals surface area contributed by atoms with Crippen molar-refractivity contribution in [2.24, 2.45) is 0 Å². The van der Waals surface area contributed by atoms with Gasteiger partial charge in [0, 0.05) is 30.6 Å². The van der Waals surface area contributed by atoms with Crippen LogP contribution in [0.5, 0.6) is 0 Å². The van der Waals surface area contributed by atoms with Crippen molar-refractivity contribution in [3.8, 4) is 0 Å². The lowest BCUT2D eigenvalue weighted by atomic mass is 10.2. The van der Waals surface area contributed by atoms with Gasteiger partial charge in [-0.25, -0.2) is 0 Å². The molecule has 0 aromatic carbocycles. The van der Waals surface area contributed by atoms with Crippen molar-refractivity contribution in [2.75, 3.05) is 32.8 Å². The Balaban J connectivity index is 1.58. The lowest BCUT2D eigenvalue weighted by Crippen LogP contribution is -2.43. The molecule has 3 heterocycles. The molecule has 0 saturated carbocycles. The fourth-order valence-corrected chi connectivity index (χ4v) is 4.07. The Morgan fingerprint density at radius 1 is 1.35 bits per heavy atom. The quantitative estimate of drug-likeness (QED) is 0.816. The predicted octanol–water partition coefficient (Wildman–Crippen LogP) is 3.01. The fraction of sp³-hybridized carbons (Fsp3) is 0.353. The van der Waals surface area contributed by atoms with Crippen LogP contribution in [0.3, 0.4) is 0 Å². The van der Waals surface area contributed by atoms with Crippen LogP contribution in [0.25, 0.3) is 6.08 Å². The summed E-state index contributed by atoms with van der Waals surface area (Å²) >= 11 is 3.36. The molecule has 23 heavy (non-hydrogen) atoms. The first-order valence-electron chi connectivity index (χ1n) is 7.66. The van der Waals surface area contributed by atoms with Gasteiger partial charge in [0.2, 0.25) is 5.91 Å². The average molecular weight is 348 g/mol. The molecule has 1 fully saturated rings. The normalized spacial score (nSPS) is 17.4. The summed E-state index contributed by atoms with van der Waals surface area (Å²) < 4.78 is 5.44. The average Bonchev–Trinajstić information content (AvgIpc) is 3.28. The van der Waals surface area contributed by atoms with Crippen LogP contribution in [-0.4, -0.2) is 43.7 Å². The van der Waals surface area contributed by atoms with E-state index in [-0.39, 0.29) is 11.9 Å². The van der Waals surface area contributed by atoms with Crippen molar-refractivity contribution in [3.05, 3.63) is 50.9 Å². The smallest absolute Gasteiger partial charge is 0.244 e. The fourth-order valence-electron chi connectivity index (χ4n) is 2.58. The summed E-state index contributed by atoms with van der Waals surface area (Å²) in [5.74, 6) is -0.0500. The van der Waals surface area contributed by atoms with Crippen LogP contribution >= 0.6 is 22.7 Å². The molecule has 1 aliphatic heterocycles. The maximum atomic E-state index is 12.1. The van der Waals surface area contributed by atoms with Gasteiger partial charge in [0.25, 0.3) is 0 Å². The van der Waals surface area contributed by atoms with Gasteiger partial charge >= 0.3 is 0 Å². The van der Waals surface area contributed by atoms with Crippen molar-refractivity contribution in [2.45, 2.75) is 6.04 Å². The highest BCUT2D eigenvalue weighted by atomic mass is 32.1. The number of thiophene rings is 2. The van der Waals surface area contributed by atoms with Crippen molar-refractivity contribution in [1.82, 2.24) is 10.2 Å². The number of rotatable bonds is 6. The summed E-state index contributed by atoms with van der Waals surface area (Å²) in [6.07, 6.45) is 3.45. The monoisotopic (exact) mass is 348 g/mol. The topological polar surface area (TPSA) is 41.6 Å². The van der Waals surface area contributed by atoms with Crippen molar-refractivity contribution in [3.63, 3.8) is 0 Å². The van der Waals surface area contributed by atoms with Gasteiger partial charge in [-0.1, -0.05) is 6.07 Å². The standard InChI is InChI=1S/C17H20N2O2S2/c20-17(4-3-14-5-11-22-13-14)18-12-15(16-2-1-10-23-16)19-6-8-21-9-7-19/h1-5,10-11,13,15H,6-9,12H2,(H,18,20). The molecule has 4 nitrogen and oxygen atoms in total. The SMILES string of the molecule is O=C(C=Cc1ccsc1)NCC(c1cccs1)N1CCOCC1. The first-order valence-corrected chi connectivity index (χ1v) is 9.48. The number of hydrogen-bond donors (Lipinski definition) is 1. The van der Waals surface area contributed by atoms with Crippen LogP contribution in [0.2, 0.25) is 0 Å². The van der Waals surface area contributed by atoms with Crippen LogP contribution in [-0.2, 0) is 9.53 Å². The number of nitrogens with zero attached hydrogens (tertiary/aromatic N) is 1. The van der Waals surface area contributed by atoms with E-state index in [4.69, 9.17) is 4.74 Å². The van der Waals surface area contributed by atoms with Gasteiger partial charge in [-0.2, -0.15) is 11.3 Å². The third-order valence-corrected chi connectivity index (χ3v) is 5.47. The Hall–Kier alpha value is -1.47. The summed E-state index contributed by atoms with van der Waals surface area (Å²) in [5.41, 5.74) is 1.06. The highest BCUT2D eigenvalue weighted by molar-refractivity contribution is 7.10. The first-order chi connectivity index (χ1) is 11.3. The van der Waals surface area contributed by atoms with Crippen LogP contribution in [0.1, 0.15) is 16.5 Å². The summed E-state index contributed by atoms with van der Waals surface area (Å²) in [7, 11) is 0. The molecular formula is C17H20N2O2S2. The third-order valence-electron chi connectivity index (χ3n) is 3.80. The lowest BCUT2D eigenvalue weighted by Gasteiger charge is -2.34. The van der Waals surface area contributed by atoms with E-state index in [2.05, 4.69) is 27.7 Å². The molecule has 0 spiro atoms. The van der Waals surface area contributed by atoms with Gasteiger partial charge in [0.1, 0.15) is 0 Å². The van der Waals surface area contributed by atoms with E-state index in [9.17, 15) is 4.79 Å². The predicted molar refractivity (Wildman–Crippen MR) is 95.8 cm³/mol. The zero-order chi connectivity index (χ0) is 15.9. The van der Waals surface area contributed by atoms with Gasteiger partial charge in [-0.15, -0.1) is 11.3 Å². The largest absolute Gasteiger partial charge is 0.379 e. The minimum absolute atomic E-state index is 0.0500. The van der Waals surface area contributed by atoms with Gasteiger partial charge in [0.15, 0.2) is 0 Å². The molecule has 0 radical (unpaired) electrons. The molecule has 1 saturated heterocycles. The molecule has 1 aliphatic rings. The summed E-state index contributed by atoms with van der Waals surface area (Å²) in [6, 6.07) is 6.41. The lowest BCUT2D eigenvalue weighted by molar-refractivity contribution is -0.116. The van der Waals surface area contributed by atoms with E-state index in [0.717, 1.165) is 31.9 Å². The van der Waals surface area contributed by atoms with E-state index in [1.807, 2.05) is 22.9 Å². The van der Waals surface area contributed by atoms with Crippen LogP contribution < -0.4 is 5.32 Å². The van der Waals surface area contributed by atoms with Crippen LogP contribution in [0.15, 0.2) is 40.4 Å². The molecule has 122 valence electrons. The maximum absolute atomic E-state index is 12.1. The van der Waals surface area contributed by atoms with Crippen LogP contribution in [0, 0.1) is 0 Å². The molecule has 6 heteroatoms. The number of ether oxygens (including phenoxy) is 1. The number of amides is 1. The summed E-state index contributed by atoms with van der Waals surface area (Å²) in [6.45, 7) is 3.95. The second-order valence-corrected chi connectivity index (χ2v) is 7.07. The molecule has 1 N–H and O–H groups in total. The minimum atomic E-state index is -0.0500. The van der Waals surface area contributed by atoms with Crippen molar-refractivity contribution >= 4 is 34.7 Å². The summed E-state index contributed by atoms with van der Waals surface area (Å²) in [5, 5.41) is 9.14. The third kappa shape index (κ3) is 4.75. The molecule has 1 amide bonds. The molecule has 0 bridgehead atoms. The Kier molecular flexibility index (Phi) is 5.99. The highest BCUT2D eigenvalue weighted by Gasteiger charge is 2.23. The van der Waals surface area contributed by atoms with E-state index in [0.29, 0.717) is 6.54 Å². The van der Waals surface area contributed by atoms with E-state index >= 15 is 0 Å². The number of hydrogen-bond acceptors (Lipinski definition) is 5. The first kappa shape index (κ1) is 16.4. The molecule has 2 aromatic rings. The van der Waals surface area contributed by atoms with Crippen LogP contribution in [0.4, 0.5) is 0 Å². The van der Waals surface area contributed by atoms with E-state index in [1.54, 1.807) is 28.7 Å². The highest BCUT2D eigenvalue weighted by Crippen LogP contribution is 2.25. The zero-order valence-electron chi connectivity index (χ0n) is 12.8. The molecule has 1 unspecified atom stereocenters. The number of nitrogens with one attached hydrogen (secondary N) is 1. The van der Waals surface area contributed by atoms with E-state index < -0.39 is 0 Å². The summed E-state index contributed by atoms with van der Waals surface area (Å²) in [4.78, 5) is 15.7. The van der Waals surface area contributed by atoms with Gasteiger partial charge in [-0.05, 0) is 39.9 Å². The van der Waals surface area contributed by atoms with E-state index in [1.165, 1.54) is 4.88 Å². The van der Waals surface area contributed by atoms with Crippen molar-refractivity contribution in [1.29, 1.82) is 0 Å². The Bertz CT molecular complexity index is 617. The number of carbonyl (C=O) groups is 1. The second-order valence-electron chi connectivity index (χ2n) is 5.31. The number of carbonyl (C=O) groups excluding carboxylic acids is 1.